The van der Waals surface area contributed by atoms with E-state index in [-0.39, 0.29) is 46.7 Å². The standard InChI is InChI=1S/C10H16O4S.Na/c1-9(2)7-4-5-10(9,8(11)6-7)14-15(3,12)13;/h7H,4-6H2,1-3H3;. The second kappa shape index (κ2) is 4.05. The molecule has 2 aliphatic carbocycles. The molecular weight excluding hydrogens is 239 g/mol. The fourth-order valence-electron chi connectivity index (χ4n) is 3.09. The van der Waals surface area contributed by atoms with E-state index in [1.54, 1.807) is 0 Å². The van der Waals surface area contributed by atoms with Crippen molar-refractivity contribution in [2.45, 2.75) is 38.7 Å². The number of carbonyl (C=O) groups is 1. The predicted octanol–water partition coefficient (Wildman–Crippen LogP) is 0.730. The number of carbonyl (C=O) groups excluding carboxylic acids is 1. The molecule has 4 nitrogen and oxygen atoms in total. The minimum atomic E-state index is -3.58. The number of hydrogen-bond donors (Lipinski definition) is 0. The molecule has 2 fully saturated rings. The van der Waals surface area contributed by atoms with E-state index >= 15 is 0 Å². The van der Waals surface area contributed by atoms with Crippen LogP contribution in [-0.4, -0.2) is 55.6 Å². The summed E-state index contributed by atoms with van der Waals surface area (Å²) in [4.78, 5) is 11.9. The first-order chi connectivity index (χ1) is 6.69. The molecule has 87 valence electrons. The van der Waals surface area contributed by atoms with Crippen LogP contribution in [-0.2, 0) is 19.1 Å². The molecule has 16 heavy (non-hydrogen) atoms. The molecule has 0 heterocycles. The van der Waals surface area contributed by atoms with Gasteiger partial charge in [-0.3, -0.25) is 8.98 Å². The fraction of sp³-hybridized carbons (Fsp3) is 0.900. The molecule has 6 heteroatoms. The Morgan fingerprint density at radius 2 is 1.94 bits per heavy atom. The van der Waals surface area contributed by atoms with Crippen LogP contribution in [0.15, 0.2) is 0 Å². The summed E-state index contributed by atoms with van der Waals surface area (Å²) in [6, 6.07) is 0. The van der Waals surface area contributed by atoms with Crippen LogP contribution in [0.5, 0.6) is 0 Å². The van der Waals surface area contributed by atoms with Crippen molar-refractivity contribution >= 4 is 45.5 Å². The normalized spacial score (nSPS) is 36.2. The van der Waals surface area contributed by atoms with E-state index in [2.05, 4.69) is 0 Å². The molecule has 2 saturated carbocycles. The Morgan fingerprint density at radius 1 is 1.38 bits per heavy atom. The second-order valence-corrected chi connectivity index (χ2v) is 6.77. The van der Waals surface area contributed by atoms with Gasteiger partial charge in [-0.25, -0.2) is 0 Å². The van der Waals surface area contributed by atoms with Crippen molar-refractivity contribution in [2.24, 2.45) is 11.3 Å². The van der Waals surface area contributed by atoms with E-state index in [1.807, 2.05) is 13.8 Å². The molecule has 0 saturated heterocycles. The Bertz CT molecular complexity index is 415. The van der Waals surface area contributed by atoms with Gasteiger partial charge in [0.15, 0.2) is 11.4 Å². The van der Waals surface area contributed by atoms with Crippen molar-refractivity contribution < 1.29 is 17.4 Å². The van der Waals surface area contributed by atoms with Crippen LogP contribution < -0.4 is 0 Å². The molecule has 2 rings (SSSR count). The van der Waals surface area contributed by atoms with Crippen LogP contribution in [0.3, 0.4) is 0 Å². The summed E-state index contributed by atoms with van der Waals surface area (Å²) in [5.41, 5.74) is -1.43. The van der Waals surface area contributed by atoms with Gasteiger partial charge in [0.05, 0.1) is 6.26 Å². The summed E-state index contributed by atoms with van der Waals surface area (Å²) in [5, 5.41) is 0. The zero-order valence-corrected chi connectivity index (χ0v) is 13.1. The van der Waals surface area contributed by atoms with Gasteiger partial charge in [-0.15, -0.1) is 0 Å². The van der Waals surface area contributed by atoms with Gasteiger partial charge in [0.25, 0.3) is 10.1 Å². The van der Waals surface area contributed by atoms with Crippen LogP contribution in [0.1, 0.15) is 33.1 Å². The summed E-state index contributed by atoms with van der Waals surface area (Å²) in [6.07, 6.45) is 2.89. The van der Waals surface area contributed by atoms with Gasteiger partial charge in [0, 0.05) is 41.4 Å². The Balaban J connectivity index is 0.00000128. The molecule has 0 N–H and O–H groups in total. The molecule has 0 spiro atoms. The number of rotatable bonds is 2. The van der Waals surface area contributed by atoms with Gasteiger partial charge < -0.3 is 0 Å². The van der Waals surface area contributed by atoms with E-state index in [4.69, 9.17) is 4.18 Å². The minimum Gasteiger partial charge on any atom is -0.296 e. The SMILES string of the molecule is CC1(C)C2CCC1(OS(C)(=O)=O)C(=O)C2.[Na]. The summed E-state index contributed by atoms with van der Waals surface area (Å²) < 4.78 is 27.6. The number of Topliss-reactive ketones (excluding diaryl/α,β-unsaturated/α-hetero) is 1. The van der Waals surface area contributed by atoms with Gasteiger partial charge in [0.2, 0.25) is 0 Å². The van der Waals surface area contributed by atoms with Gasteiger partial charge in [-0.2, -0.15) is 8.42 Å². The van der Waals surface area contributed by atoms with Crippen LogP contribution in [0.4, 0.5) is 0 Å². The molecule has 0 aromatic rings. The monoisotopic (exact) mass is 255 g/mol. The van der Waals surface area contributed by atoms with Crippen LogP contribution in [0.2, 0.25) is 0 Å². The van der Waals surface area contributed by atoms with Crippen molar-refractivity contribution in [2.75, 3.05) is 6.26 Å². The van der Waals surface area contributed by atoms with E-state index in [1.165, 1.54) is 0 Å². The first-order valence-corrected chi connectivity index (χ1v) is 6.95. The Morgan fingerprint density at radius 3 is 2.25 bits per heavy atom. The molecule has 2 atom stereocenters. The number of fused-ring (bicyclic) bond motifs is 2. The molecule has 2 aliphatic rings. The quantitative estimate of drug-likeness (QED) is 0.539. The Hall–Kier alpha value is 0.580. The fourth-order valence-corrected chi connectivity index (χ4v) is 4.00. The van der Waals surface area contributed by atoms with Crippen molar-refractivity contribution in [3.05, 3.63) is 0 Å². The predicted molar refractivity (Wildman–Crippen MR) is 60.5 cm³/mol. The maximum atomic E-state index is 11.9. The van der Waals surface area contributed by atoms with E-state index in [9.17, 15) is 13.2 Å². The third-order valence-corrected chi connectivity index (χ3v) is 4.67. The van der Waals surface area contributed by atoms with E-state index < -0.39 is 15.7 Å². The Labute approximate surface area is 119 Å². The summed E-state index contributed by atoms with van der Waals surface area (Å²) in [5.74, 6) is 0.223. The van der Waals surface area contributed by atoms with Gasteiger partial charge in [-0.1, -0.05) is 13.8 Å². The average molecular weight is 255 g/mol. The largest absolute Gasteiger partial charge is 0.296 e. The molecule has 2 bridgehead atoms. The molecule has 1 radical (unpaired) electrons. The average Bonchev–Trinajstić information content (AvgIpc) is 2.34. The van der Waals surface area contributed by atoms with Crippen LogP contribution >= 0.6 is 0 Å². The minimum absolute atomic E-state index is 0. The molecule has 2 unspecified atom stereocenters. The van der Waals surface area contributed by atoms with Gasteiger partial charge in [-0.05, 0) is 18.8 Å². The topological polar surface area (TPSA) is 60.4 Å². The van der Waals surface area contributed by atoms with Crippen molar-refractivity contribution in [3.63, 3.8) is 0 Å². The van der Waals surface area contributed by atoms with E-state index in [0.717, 1.165) is 12.7 Å². The summed E-state index contributed by atoms with van der Waals surface area (Å²) >= 11 is 0. The molecule has 0 aliphatic heterocycles. The van der Waals surface area contributed by atoms with Crippen LogP contribution in [0, 0.1) is 11.3 Å². The number of ketones is 1. The zero-order valence-electron chi connectivity index (χ0n) is 10.2. The first-order valence-electron chi connectivity index (χ1n) is 5.13. The number of hydrogen-bond acceptors (Lipinski definition) is 4. The third kappa shape index (κ3) is 1.90. The molecule has 0 aromatic carbocycles. The molecule has 0 aromatic heterocycles. The Kier molecular flexibility index (Phi) is 3.71. The van der Waals surface area contributed by atoms with Gasteiger partial charge in [0.1, 0.15) is 0 Å². The van der Waals surface area contributed by atoms with Crippen LogP contribution in [0.25, 0.3) is 0 Å². The second-order valence-electron chi connectivity index (χ2n) is 5.20. The molecular formula is C10H16NaO4S. The zero-order chi connectivity index (χ0) is 11.5. The maximum Gasteiger partial charge on any atom is 0.265 e. The van der Waals surface area contributed by atoms with Crippen molar-refractivity contribution in [1.29, 1.82) is 0 Å². The molecule has 0 amide bonds. The first kappa shape index (κ1) is 14.6. The van der Waals surface area contributed by atoms with Crippen molar-refractivity contribution in [3.8, 4) is 0 Å². The smallest absolute Gasteiger partial charge is 0.265 e. The van der Waals surface area contributed by atoms with Gasteiger partial charge >= 0.3 is 0 Å². The summed E-state index contributed by atoms with van der Waals surface area (Å²) in [7, 11) is -3.58. The summed E-state index contributed by atoms with van der Waals surface area (Å²) in [6.45, 7) is 3.86. The third-order valence-electron chi connectivity index (χ3n) is 4.08. The van der Waals surface area contributed by atoms with E-state index in [0.29, 0.717) is 12.8 Å². The van der Waals surface area contributed by atoms with Crippen molar-refractivity contribution in [1.82, 2.24) is 0 Å². The maximum absolute atomic E-state index is 11.9.